The molecule has 3 atom stereocenters. The summed E-state index contributed by atoms with van der Waals surface area (Å²) in [5.74, 6) is -2.67. The molecule has 1 aliphatic heterocycles. The monoisotopic (exact) mass is 610 g/mol. The Hall–Kier alpha value is -3.45. The Bertz CT molecular complexity index is 1340. The Labute approximate surface area is 234 Å². The number of carboxylic acid groups (broad SMARTS) is 1. The van der Waals surface area contributed by atoms with E-state index in [2.05, 4.69) is 0 Å². The Morgan fingerprint density at radius 1 is 0.929 bits per heavy atom. The first-order valence-corrected chi connectivity index (χ1v) is 13.0. The van der Waals surface area contributed by atoms with Gasteiger partial charge in [-0.1, -0.05) is 6.07 Å². The molecule has 5 nitrogen and oxygen atoms in total. The first-order chi connectivity index (χ1) is 19.3. The standard InChI is InChI=1S/C28H27F9N2O3/c1-14-6-21-23(39(15(2)40)12-16-7-18(26(29,30)31)10-19(8-16)27(32,33)34)4-3-5-38(13-17-9-20(17)25(41)42)24(21)11-22(14)28(35,36)37/h6-8,10-11,17,20,23H,3-5,9,12-13H2,1-2H3,(H,41,42)/t17?,20-,23?/m0/s1. The Balaban J connectivity index is 1.79. The molecule has 14 heteroatoms. The van der Waals surface area contributed by atoms with E-state index in [4.69, 9.17) is 0 Å². The van der Waals surface area contributed by atoms with E-state index in [1.807, 2.05) is 0 Å². The van der Waals surface area contributed by atoms with E-state index in [9.17, 15) is 54.2 Å². The van der Waals surface area contributed by atoms with Gasteiger partial charge >= 0.3 is 24.5 Å². The van der Waals surface area contributed by atoms with E-state index < -0.39 is 71.2 Å². The van der Waals surface area contributed by atoms with Crippen molar-refractivity contribution in [1.82, 2.24) is 4.90 Å². The molecule has 1 fully saturated rings. The fourth-order valence-corrected chi connectivity index (χ4v) is 5.61. The van der Waals surface area contributed by atoms with E-state index in [0.717, 1.165) is 17.9 Å². The lowest BCUT2D eigenvalue weighted by molar-refractivity contribution is -0.143. The second-order valence-electron chi connectivity index (χ2n) is 10.8. The third-order valence-electron chi connectivity index (χ3n) is 7.76. The number of carbonyl (C=O) groups excluding carboxylic acids is 1. The van der Waals surface area contributed by atoms with Crippen LogP contribution < -0.4 is 4.90 Å². The molecule has 2 unspecified atom stereocenters. The fraction of sp³-hybridized carbons (Fsp3) is 0.500. The van der Waals surface area contributed by atoms with Crippen molar-refractivity contribution >= 4 is 17.6 Å². The van der Waals surface area contributed by atoms with Gasteiger partial charge < -0.3 is 14.9 Å². The van der Waals surface area contributed by atoms with Gasteiger partial charge in [-0.05, 0) is 73.1 Å². The summed E-state index contributed by atoms with van der Waals surface area (Å²) in [6.07, 6.45) is -14.1. The highest BCUT2D eigenvalue weighted by Crippen LogP contribution is 2.46. The van der Waals surface area contributed by atoms with Crippen LogP contribution in [0, 0.1) is 18.8 Å². The van der Waals surface area contributed by atoms with Crippen molar-refractivity contribution in [3.05, 3.63) is 63.7 Å². The van der Waals surface area contributed by atoms with Crippen LogP contribution in [-0.4, -0.2) is 35.0 Å². The van der Waals surface area contributed by atoms with Crippen molar-refractivity contribution in [2.24, 2.45) is 11.8 Å². The molecule has 4 rings (SSSR count). The number of carboxylic acids is 1. The van der Waals surface area contributed by atoms with Crippen LogP contribution in [-0.2, 0) is 34.7 Å². The summed E-state index contributed by atoms with van der Waals surface area (Å²) in [6, 6.07) is 2.21. The summed E-state index contributed by atoms with van der Waals surface area (Å²) in [7, 11) is 0. The zero-order valence-corrected chi connectivity index (χ0v) is 22.4. The van der Waals surface area contributed by atoms with Crippen molar-refractivity contribution in [1.29, 1.82) is 0 Å². The quantitative estimate of drug-likeness (QED) is 0.345. The summed E-state index contributed by atoms with van der Waals surface area (Å²) in [6.45, 7) is 1.99. The molecule has 2 aliphatic rings. The maximum atomic E-state index is 13.9. The molecule has 0 aromatic heterocycles. The topological polar surface area (TPSA) is 60.9 Å². The van der Waals surface area contributed by atoms with Gasteiger partial charge in [0.2, 0.25) is 5.91 Å². The van der Waals surface area contributed by atoms with Gasteiger partial charge in [-0.2, -0.15) is 39.5 Å². The Morgan fingerprint density at radius 2 is 1.52 bits per heavy atom. The van der Waals surface area contributed by atoms with E-state index in [0.29, 0.717) is 25.0 Å². The number of fused-ring (bicyclic) bond motifs is 1. The summed E-state index contributed by atoms with van der Waals surface area (Å²) in [4.78, 5) is 26.9. The van der Waals surface area contributed by atoms with Gasteiger partial charge in [-0.15, -0.1) is 0 Å². The number of aliphatic carboxylic acids is 1. The number of rotatable bonds is 6. The molecule has 0 bridgehead atoms. The molecule has 0 radical (unpaired) electrons. The normalized spacial score (nSPS) is 21.0. The van der Waals surface area contributed by atoms with E-state index in [1.54, 1.807) is 4.90 Å². The smallest absolute Gasteiger partial charge is 0.416 e. The lowest BCUT2D eigenvalue weighted by Crippen LogP contribution is -2.33. The summed E-state index contributed by atoms with van der Waals surface area (Å²) >= 11 is 0. The van der Waals surface area contributed by atoms with Gasteiger partial charge in [0.25, 0.3) is 0 Å². The molecule has 2 aromatic rings. The van der Waals surface area contributed by atoms with Crippen LogP contribution in [0.25, 0.3) is 0 Å². The third kappa shape index (κ3) is 6.78. The number of halogens is 9. The molecular formula is C28H27F9N2O3. The largest absolute Gasteiger partial charge is 0.481 e. The summed E-state index contributed by atoms with van der Waals surface area (Å²) < 4.78 is 122. The molecule has 2 aromatic carbocycles. The molecule has 1 heterocycles. The summed E-state index contributed by atoms with van der Waals surface area (Å²) in [5.41, 5.74) is -4.32. The third-order valence-corrected chi connectivity index (χ3v) is 7.76. The van der Waals surface area contributed by atoms with Crippen LogP contribution in [0.1, 0.15) is 65.6 Å². The number of carbonyl (C=O) groups is 2. The molecule has 1 amide bonds. The number of anilines is 1. The molecule has 1 aliphatic carbocycles. The minimum absolute atomic E-state index is 0.0231. The minimum atomic E-state index is -5.10. The number of amides is 1. The first-order valence-electron chi connectivity index (χ1n) is 13.0. The SMILES string of the molecule is CC(=O)N(Cc1cc(C(F)(F)F)cc(C(F)(F)F)c1)C1CCCN(CC2C[C@@H]2C(=O)O)c2cc(C(F)(F)F)c(C)cc21. The molecular weight excluding hydrogens is 583 g/mol. The molecule has 42 heavy (non-hydrogen) atoms. The number of aryl methyl sites for hydroxylation is 1. The van der Waals surface area contributed by atoms with Crippen molar-refractivity contribution in [3.8, 4) is 0 Å². The van der Waals surface area contributed by atoms with Crippen LogP contribution in [0.2, 0.25) is 0 Å². The fourth-order valence-electron chi connectivity index (χ4n) is 5.61. The van der Waals surface area contributed by atoms with E-state index in [-0.39, 0.29) is 48.3 Å². The maximum Gasteiger partial charge on any atom is 0.416 e. The zero-order chi connectivity index (χ0) is 31.4. The van der Waals surface area contributed by atoms with Crippen LogP contribution >= 0.6 is 0 Å². The second-order valence-corrected chi connectivity index (χ2v) is 10.8. The minimum Gasteiger partial charge on any atom is -0.481 e. The van der Waals surface area contributed by atoms with Crippen LogP contribution in [0.15, 0.2) is 30.3 Å². The first kappa shape index (κ1) is 31.5. The van der Waals surface area contributed by atoms with Gasteiger partial charge in [-0.3, -0.25) is 9.59 Å². The molecule has 0 spiro atoms. The molecule has 1 saturated carbocycles. The Morgan fingerprint density at radius 3 is 2.00 bits per heavy atom. The lowest BCUT2D eigenvalue weighted by atomic mass is 9.94. The molecule has 1 N–H and O–H groups in total. The summed E-state index contributed by atoms with van der Waals surface area (Å²) in [5, 5.41) is 9.29. The van der Waals surface area contributed by atoms with Gasteiger partial charge in [0.05, 0.1) is 28.7 Å². The predicted molar refractivity (Wildman–Crippen MR) is 132 cm³/mol. The highest BCUT2D eigenvalue weighted by atomic mass is 19.4. The maximum absolute atomic E-state index is 13.9. The van der Waals surface area contributed by atoms with E-state index in [1.165, 1.54) is 13.0 Å². The van der Waals surface area contributed by atoms with Crippen molar-refractivity contribution in [3.63, 3.8) is 0 Å². The highest BCUT2D eigenvalue weighted by molar-refractivity contribution is 5.75. The van der Waals surface area contributed by atoms with Gasteiger partial charge in [0.1, 0.15) is 0 Å². The van der Waals surface area contributed by atoms with E-state index >= 15 is 0 Å². The van der Waals surface area contributed by atoms with Crippen molar-refractivity contribution < 1.29 is 54.2 Å². The molecule has 230 valence electrons. The highest BCUT2D eigenvalue weighted by Gasteiger charge is 2.45. The number of hydrogen-bond acceptors (Lipinski definition) is 3. The average molecular weight is 611 g/mol. The van der Waals surface area contributed by atoms with Crippen LogP contribution in [0.3, 0.4) is 0 Å². The number of alkyl halides is 9. The van der Waals surface area contributed by atoms with Gasteiger partial charge in [0.15, 0.2) is 0 Å². The van der Waals surface area contributed by atoms with Gasteiger partial charge in [0, 0.05) is 32.2 Å². The van der Waals surface area contributed by atoms with Crippen LogP contribution in [0.5, 0.6) is 0 Å². The van der Waals surface area contributed by atoms with Crippen molar-refractivity contribution in [2.45, 2.75) is 64.2 Å². The zero-order valence-electron chi connectivity index (χ0n) is 22.4. The second kappa shape index (κ2) is 11.0. The van der Waals surface area contributed by atoms with Gasteiger partial charge in [-0.25, -0.2) is 0 Å². The van der Waals surface area contributed by atoms with Crippen LogP contribution in [0.4, 0.5) is 45.2 Å². The molecule has 0 saturated heterocycles. The number of benzene rings is 2. The predicted octanol–water partition coefficient (Wildman–Crippen LogP) is 7.46. The Kier molecular flexibility index (Phi) is 8.24. The number of nitrogens with zero attached hydrogens (tertiary/aromatic N) is 2. The number of hydrogen-bond donors (Lipinski definition) is 1. The lowest BCUT2D eigenvalue weighted by Gasteiger charge is -2.34. The average Bonchev–Trinajstić information content (AvgIpc) is 3.64. The van der Waals surface area contributed by atoms with Crippen molar-refractivity contribution in [2.75, 3.05) is 18.0 Å².